The number of nitrogens with zero attached hydrogens (tertiary/aromatic N) is 2. The molecule has 0 fully saturated rings. The smallest absolute Gasteiger partial charge is 0.335 e. The largest absolute Gasteiger partial charge is 0.478 e. The number of benzene rings is 1. The van der Waals surface area contributed by atoms with E-state index >= 15 is 0 Å². The van der Waals surface area contributed by atoms with Crippen LogP contribution in [0.15, 0.2) is 18.2 Å². The molecule has 0 aliphatic rings. The third-order valence-corrected chi connectivity index (χ3v) is 3.20. The number of aryl methyl sites for hydroxylation is 1. The van der Waals surface area contributed by atoms with Crippen LogP contribution in [0.5, 0.6) is 0 Å². The number of aromatic nitrogens is 2. The number of aliphatic hydroxyl groups is 1. The van der Waals surface area contributed by atoms with Crippen molar-refractivity contribution >= 4 is 17.0 Å². The molecule has 1 aromatic heterocycles. The van der Waals surface area contributed by atoms with E-state index in [9.17, 15) is 9.90 Å². The van der Waals surface area contributed by atoms with Crippen LogP contribution in [0.4, 0.5) is 0 Å². The second kappa shape index (κ2) is 5.40. The lowest BCUT2D eigenvalue weighted by atomic mass is 10.1. The van der Waals surface area contributed by atoms with Crippen LogP contribution < -0.4 is 0 Å². The van der Waals surface area contributed by atoms with Gasteiger partial charge in [0.15, 0.2) is 0 Å². The van der Waals surface area contributed by atoms with Crippen LogP contribution >= 0.6 is 0 Å². The fourth-order valence-electron chi connectivity index (χ4n) is 2.16. The lowest BCUT2D eigenvalue weighted by Crippen LogP contribution is -2.13. The SMILES string of the molecule is CCc1nc2cc(C(=O)O)ccc2n1CC(C)CO. The van der Waals surface area contributed by atoms with Crippen molar-refractivity contribution in [2.75, 3.05) is 6.61 Å². The molecule has 2 rings (SSSR count). The number of hydrogen-bond acceptors (Lipinski definition) is 3. The molecule has 0 aliphatic heterocycles. The van der Waals surface area contributed by atoms with Gasteiger partial charge in [-0.15, -0.1) is 0 Å². The summed E-state index contributed by atoms with van der Waals surface area (Å²) in [5, 5.41) is 18.2. The van der Waals surface area contributed by atoms with Crippen LogP contribution in [0.1, 0.15) is 30.0 Å². The van der Waals surface area contributed by atoms with E-state index in [-0.39, 0.29) is 18.1 Å². The molecule has 5 nitrogen and oxygen atoms in total. The summed E-state index contributed by atoms with van der Waals surface area (Å²) in [6.07, 6.45) is 0.773. The van der Waals surface area contributed by atoms with Crippen LogP contribution in [-0.4, -0.2) is 32.3 Å². The molecule has 0 saturated heterocycles. The Morgan fingerprint density at radius 1 is 1.47 bits per heavy atom. The van der Waals surface area contributed by atoms with E-state index in [0.29, 0.717) is 12.1 Å². The van der Waals surface area contributed by atoms with Crippen molar-refractivity contribution in [2.24, 2.45) is 5.92 Å². The first kappa shape index (κ1) is 13.5. The van der Waals surface area contributed by atoms with E-state index in [0.717, 1.165) is 17.8 Å². The number of rotatable bonds is 5. The molecule has 0 bridgehead atoms. The summed E-state index contributed by atoms with van der Waals surface area (Å²) in [5.74, 6) is 0.109. The average molecular weight is 262 g/mol. The highest BCUT2D eigenvalue weighted by atomic mass is 16.4. The van der Waals surface area contributed by atoms with Gasteiger partial charge in [0.2, 0.25) is 0 Å². The molecule has 2 N–H and O–H groups in total. The first-order chi connectivity index (χ1) is 9.06. The molecule has 0 aliphatic carbocycles. The van der Waals surface area contributed by atoms with Crippen molar-refractivity contribution in [1.29, 1.82) is 0 Å². The fourth-order valence-corrected chi connectivity index (χ4v) is 2.16. The maximum absolute atomic E-state index is 11.0. The van der Waals surface area contributed by atoms with Gasteiger partial charge in [-0.2, -0.15) is 0 Å². The van der Waals surface area contributed by atoms with Crippen molar-refractivity contribution in [1.82, 2.24) is 9.55 Å². The third kappa shape index (κ3) is 2.61. The van der Waals surface area contributed by atoms with Crippen molar-refractivity contribution < 1.29 is 15.0 Å². The quantitative estimate of drug-likeness (QED) is 0.863. The summed E-state index contributed by atoms with van der Waals surface area (Å²) in [6, 6.07) is 4.97. The van der Waals surface area contributed by atoms with Crippen LogP contribution in [0.3, 0.4) is 0 Å². The van der Waals surface area contributed by atoms with Crippen molar-refractivity contribution in [3.63, 3.8) is 0 Å². The Hall–Kier alpha value is -1.88. The van der Waals surface area contributed by atoms with Gasteiger partial charge in [-0.25, -0.2) is 9.78 Å². The predicted octanol–water partition coefficient (Wildman–Crippen LogP) is 1.93. The van der Waals surface area contributed by atoms with Gasteiger partial charge in [-0.3, -0.25) is 0 Å². The van der Waals surface area contributed by atoms with Gasteiger partial charge in [0.05, 0.1) is 16.6 Å². The van der Waals surface area contributed by atoms with Gasteiger partial charge < -0.3 is 14.8 Å². The molecule has 0 spiro atoms. The lowest BCUT2D eigenvalue weighted by molar-refractivity contribution is 0.0697. The van der Waals surface area contributed by atoms with Crippen LogP contribution in [-0.2, 0) is 13.0 Å². The van der Waals surface area contributed by atoms with E-state index < -0.39 is 5.97 Å². The highest BCUT2D eigenvalue weighted by molar-refractivity contribution is 5.92. The summed E-state index contributed by atoms with van der Waals surface area (Å²) in [5.41, 5.74) is 1.86. The second-order valence-corrected chi connectivity index (χ2v) is 4.79. The normalized spacial score (nSPS) is 12.8. The van der Waals surface area contributed by atoms with Crippen LogP contribution in [0.2, 0.25) is 0 Å². The van der Waals surface area contributed by atoms with Crippen molar-refractivity contribution in [2.45, 2.75) is 26.8 Å². The Labute approximate surface area is 111 Å². The molecule has 0 radical (unpaired) electrons. The zero-order chi connectivity index (χ0) is 14.0. The average Bonchev–Trinajstić information content (AvgIpc) is 2.75. The Bertz CT molecular complexity index is 604. The molecule has 1 unspecified atom stereocenters. The Morgan fingerprint density at radius 3 is 2.79 bits per heavy atom. The molecule has 102 valence electrons. The summed E-state index contributed by atoms with van der Waals surface area (Å²) in [6.45, 7) is 4.79. The molecular formula is C14H18N2O3. The summed E-state index contributed by atoms with van der Waals surface area (Å²) >= 11 is 0. The van der Waals surface area contributed by atoms with Crippen LogP contribution in [0, 0.1) is 5.92 Å². The number of imidazole rings is 1. The van der Waals surface area contributed by atoms with Gasteiger partial charge in [-0.05, 0) is 24.1 Å². The van der Waals surface area contributed by atoms with Crippen LogP contribution in [0.25, 0.3) is 11.0 Å². The van der Waals surface area contributed by atoms with E-state index in [1.54, 1.807) is 18.2 Å². The molecule has 19 heavy (non-hydrogen) atoms. The second-order valence-electron chi connectivity index (χ2n) is 4.79. The first-order valence-corrected chi connectivity index (χ1v) is 6.40. The molecular weight excluding hydrogens is 244 g/mol. The van der Waals surface area contributed by atoms with Gasteiger partial charge in [0.25, 0.3) is 0 Å². The number of carboxylic acids is 1. The summed E-state index contributed by atoms with van der Waals surface area (Å²) < 4.78 is 2.06. The van der Waals surface area contributed by atoms with Gasteiger partial charge in [0, 0.05) is 19.6 Å². The zero-order valence-electron chi connectivity index (χ0n) is 11.1. The summed E-state index contributed by atoms with van der Waals surface area (Å²) in [4.78, 5) is 15.4. The van der Waals surface area contributed by atoms with Gasteiger partial charge in [-0.1, -0.05) is 13.8 Å². The highest BCUT2D eigenvalue weighted by Crippen LogP contribution is 2.20. The Kier molecular flexibility index (Phi) is 3.85. The van der Waals surface area contributed by atoms with E-state index in [1.807, 2.05) is 13.8 Å². The number of aromatic carboxylic acids is 1. The fraction of sp³-hybridized carbons (Fsp3) is 0.429. The van der Waals surface area contributed by atoms with E-state index in [4.69, 9.17) is 5.11 Å². The zero-order valence-corrected chi connectivity index (χ0v) is 11.1. The maximum atomic E-state index is 11.0. The number of fused-ring (bicyclic) bond motifs is 1. The van der Waals surface area contributed by atoms with E-state index in [2.05, 4.69) is 9.55 Å². The number of hydrogen-bond donors (Lipinski definition) is 2. The third-order valence-electron chi connectivity index (χ3n) is 3.20. The first-order valence-electron chi connectivity index (χ1n) is 6.40. The monoisotopic (exact) mass is 262 g/mol. The highest BCUT2D eigenvalue weighted by Gasteiger charge is 2.13. The van der Waals surface area contributed by atoms with Gasteiger partial charge >= 0.3 is 5.97 Å². The molecule has 5 heteroatoms. The van der Waals surface area contributed by atoms with Gasteiger partial charge in [0.1, 0.15) is 5.82 Å². The predicted molar refractivity (Wildman–Crippen MR) is 72.3 cm³/mol. The van der Waals surface area contributed by atoms with Crippen molar-refractivity contribution in [3.05, 3.63) is 29.6 Å². The minimum absolute atomic E-state index is 0.121. The minimum Gasteiger partial charge on any atom is -0.478 e. The molecule has 1 heterocycles. The lowest BCUT2D eigenvalue weighted by Gasteiger charge is -2.12. The Morgan fingerprint density at radius 2 is 2.21 bits per heavy atom. The topological polar surface area (TPSA) is 75.3 Å². The molecule has 0 saturated carbocycles. The number of aliphatic hydroxyl groups excluding tert-OH is 1. The standard InChI is InChI=1S/C14H18N2O3/c1-3-13-15-11-6-10(14(18)19)4-5-12(11)16(13)7-9(2)8-17/h4-6,9,17H,3,7-8H2,1-2H3,(H,18,19). The van der Waals surface area contributed by atoms with E-state index in [1.165, 1.54) is 0 Å². The molecule has 0 amide bonds. The molecule has 1 aromatic carbocycles. The van der Waals surface area contributed by atoms with Crippen molar-refractivity contribution in [3.8, 4) is 0 Å². The maximum Gasteiger partial charge on any atom is 0.335 e. The minimum atomic E-state index is -0.946. The molecule has 2 aromatic rings. The molecule has 1 atom stereocenters. The Balaban J connectivity index is 2.52. The number of carboxylic acid groups (broad SMARTS) is 1. The number of carbonyl (C=O) groups is 1. The summed E-state index contributed by atoms with van der Waals surface area (Å²) in [7, 11) is 0.